The minimum absolute atomic E-state index is 0.199. The van der Waals surface area contributed by atoms with Crippen molar-refractivity contribution in [3.8, 4) is 0 Å². The standard InChI is InChI=1S/C16H20N4O8/c1-8(21)25-4-11-13(27-9(2)22)16(5-26-11,28-10(3)23)20-7-19-12-14(20)17-6-18-15(12)24/h6-7,11-14H,4-5H2,1-3H3,(H,17,18,24)/p+1/t11-,12-,13+,14-,16+/m1/s1. The van der Waals surface area contributed by atoms with E-state index in [9.17, 15) is 19.2 Å². The molecule has 3 rings (SSSR count). The molecule has 12 heteroatoms. The summed E-state index contributed by atoms with van der Waals surface area (Å²) in [5.41, 5.74) is -1.61. The normalized spacial score (nSPS) is 33.2. The number of nitrogens with one attached hydrogen (secondary N) is 2. The molecule has 0 radical (unpaired) electrons. The first-order valence-corrected chi connectivity index (χ1v) is 8.56. The molecule has 0 unspecified atom stereocenters. The van der Waals surface area contributed by atoms with Crippen LogP contribution in [0.4, 0.5) is 0 Å². The maximum atomic E-state index is 12.1. The summed E-state index contributed by atoms with van der Waals surface area (Å²) in [6.07, 6.45) is -0.0222. The van der Waals surface area contributed by atoms with Crippen LogP contribution in [0.25, 0.3) is 0 Å². The molecule has 1 saturated heterocycles. The average molecular weight is 397 g/mol. The maximum Gasteiger partial charge on any atom is 0.338 e. The third-order valence-electron chi connectivity index (χ3n) is 4.48. The molecule has 0 aromatic carbocycles. The van der Waals surface area contributed by atoms with Crippen LogP contribution >= 0.6 is 0 Å². The number of fused-ring (bicyclic) bond motifs is 1. The fourth-order valence-corrected chi connectivity index (χ4v) is 3.43. The summed E-state index contributed by atoms with van der Waals surface area (Å²) in [7, 11) is 0. The van der Waals surface area contributed by atoms with Crippen molar-refractivity contribution in [2.45, 2.75) is 50.9 Å². The minimum Gasteiger partial charge on any atom is -0.463 e. The van der Waals surface area contributed by atoms with Crippen LogP contribution in [0.3, 0.4) is 0 Å². The highest BCUT2D eigenvalue weighted by atomic mass is 16.7. The first kappa shape index (κ1) is 19.7. The molecular weight excluding hydrogens is 376 g/mol. The van der Waals surface area contributed by atoms with Crippen LogP contribution < -0.4 is 10.3 Å². The average Bonchev–Trinajstić information content (AvgIpc) is 3.16. The Balaban J connectivity index is 1.98. The fourth-order valence-electron chi connectivity index (χ4n) is 3.43. The molecule has 5 atom stereocenters. The lowest BCUT2D eigenvalue weighted by atomic mass is 10.0. The van der Waals surface area contributed by atoms with Gasteiger partial charge >= 0.3 is 23.8 Å². The van der Waals surface area contributed by atoms with Gasteiger partial charge in [0.25, 0.3) is 5.72 Å². The van der Waals surface area contributed by atoms with Crippen LogP contribution in [0.15, 0.2) is 4.99 Å². The van der Waals surface area contributed by atoms with Crippen molar-refractivity contribution in [1.29, 1.82) is 0 Å². The first-order valence-electron chi connectivity index (χ1n) is 8.56. The van der Waals surface area contributed by atoms with Gasteiger partial charge in [0.2, 0.25) is 18.5 Å². The van der Waals surface area contributed by atoms with Crippen molar-refractivity contribution in [2.24, 2.45) is 4.99 Å². The van der Waals surface area contributed by atoms with Gasteiger partial charge in [-0.25, -0.2) is 10.1 Å². The van der Waals surface area contributed by atoms with E-state index < -0.39 is 48.0 Å². The predicted molar refractivity (Wildman–Crippen MR) is 89.5 cm³/mol. The molecular formula is C16H21N4O8+. The van der Waals surface area contributed by atoms with Gasteiger partial charge in [-0.1, -0.05) is 0 Å². The molecule has 0 saturated carbocycles. The number of rotatable bonds is 5. The number of hydrogen-bond donors (Lipinski definition) is 2. The number of amides is 1. The Kier molecular flexibility index (Phi) is 5.31. The van der Waals surface area contributed by atoms with E-state index in [4.69, 9.17) is 18.9 Å². The van der Waals surface area contributed by atoms with Gasteiger partial charge in [-0.2, -0.15) is 0 Å². The summed E-state index contributed by atoms with van der Waals surface area (Å²) in [5, 5.41) is 2.51. The Morgan fingerprint density at radius 1 is 1.32 bits per heavy atom. The van der Waals surface area contributed by atoms with Crippen LogP contribution in [0, 0.1) is 0 Å². The van der Waals surface area contributed by atoms with Crippen molar-refractivity contribution >= 4 is 36.5 Å². The molecule has 12 nitrogen and oxygen atoms in total. The molecule has 0 bridgehead atoms. The third kappa shape index (κ3) is 3.54. The summed E-state index contributed by atoms with van der Waals surface area (Å²) >= 11 is 0. The lowest BCUT2D eigenvalue weighted by Gasteiger charge is -2.41. The molecule has 28 heavy (non-hydrogen) atoms. The second kappa shape index (κ2) is 7.54. The smallest absolute Gasteiger partial charge is 0.338 e. The summed E-state index contributed by atoms with van der Waals surface area (Å²) in [6, 6.07) is -0.803. The van der Waals surface area contributed by atoms with Crippen LogP contribution in [-0.4, -0.2) is 84.7 Å². The molecule has 1 amide bonds. The molecule has 0 spiro atoms. The van der Waals surface area contributed by atoms with Crippen LogP contribution in [0.5, 0.6) is 0 Å². The van der Waals surface area contributed by atoms with E-state index in [2.05, 4.69) is 15.3 Å². The van der Waals surface area contributed by atoms with E-state index in [0.717, 1.165) is 0 Å². The van der Waals surface area contributed by atoms with Gasteiger partial charge in [-0.05, 0) is 0 Å². The molecule has 1 fully saturated rings. The number of carbonyl (C=O) groups excluding carboxylic acids is 4. The Morgan fingerprint density at radius 3 is 2.71 bits per heavy atom. The highest BCUT2D eigenvalue weighted by Gasteiger charge is 2.63. The zero-order chi connectivity index (χ0) is 20.5. The molecule has 152 valence electrons. The topological polar surface area (TPSA) is 147 Å². The van der Waals surface area contributed by atoms with Crippen LogP contribution in [0.1, 0.15) is 20.8 Å². The zero-order valence-electron chi connectivity index (χ0n) is 15.5. The third-order valence-corrected chi connectivity index (χ3v) is 4.48. The number of nitrogens with zero attached hydrogens (tertiary/aromatic N) is 2. The molecule has 3 aliphatic heterocycles. The van der Waals surface area contributed by atoms with Gasteiger partial charge in [0.05, 0.1) is 6.34 Å². The van der Waals surface area contributed by atoms with Gasteiger partial charge in [0, 0.05) is 20.8 Å². The highest BCUT2D eigenvalue weighted by molar-refractivity contribution is 5.93. The number of hydrogen-bond acceptors (Lipinski definition) is 10. The summed E-state index contributed by atoms with van der Waals surface area (Å²) in [6.45, 7) is 3.21. The number of esters is 3. The maximum absolute atomic E-state index is 12.1. The number of carbonyl (C=O) groups is 4. The summed E-state index contributed by atoms with van der Waals surface area (Å²) in [4.78, 5) is 55.5. The Bertz CT molecular complexity index is 753. The van der Waals surface area contributed by atoms with E-state index in [1.807, 2.05) is 0 Å². The van der Waals surface area contributed by atoms with Gasteiger partial charge in [0.15, 0.2) is 6.10 Å². The SMILES string of the molecule is CC(=O)OC[C@H]1OC[C@@](OC(C)=O)(N2C=N[C@H]3C(=O)NC=[NH+][C@@H]32)[C@H]1OC(C)=O. The van der Waals surface area contributed by atoms with E-state index in [0.29, 0.717) is 0 Å². The lowest BCUT2D eigenvalue weighted by Crippen LogP contribution is -2.90. The van der Waals surface area contributed by atoms with E-state index in [1.165, 1.54) is 38.3 Å². The molecule has 0 aromatic rings. The monoisotopic (exact) mass is 397 g/mol. The summed E-state index contributed by atoms with van der Waals surface area (Å²) < 4.78 is 21.7. The van der Waals surface area contributed by atoms with Gasteiger partial charge in [0.1, 0.15) is 19.3 Å². The largest absolute Gasteiger partial charge is 0.463 e. The Labute approximate surface area is 159 Å². The van der Waals surface area contributed by atoms with Gasteiger partial charge in [-0.15, -0.1) is 0 Å². The molecule has 3 heterocycles. The fraction of sp³-hybridized carbons (Fsp3) is 0.625. The van der Waals surface area contributed by atoms with Crippen molar-refractivity contribution < 1.29 is 43.1 Å². The van der Waals surface area contributed by atoms with Crippen molar-refractivity contribution in [3.05, 3.63) is 0 Å². The van der Waals surface area contributed by atoms with E-state index in [-0.39, 0.29) is 19.1 Å². The van der Waals surface area contributed by atoms with E-state index in [1.54, 1.807) is 0 Å². The van der Waals surface area contributed by atoms with Gasteiger partial charge < -0.3 is 18.9 Å². The zero-order valence-corrected chi connectivity index (χ0v) is 15.5. The molecule has 3 aliphatic rings. The lowest BCUT2D eigenvalue weighted by molar-refractivity contribution is -0.535. The minimum atomic E-state index is -1.61. The second-order valence-corrected chi connectivity index (χ2v) is 6.50. The number of ether oxygens (including phenoxy) is 4. The summed E-state index contributed by atoms with van der Waals surface area (Å²) in [5.74, 6) is -2.19. The number of aliphatic imine (C=N–C) groups is 1. The predicted octanol–water partition coefficient (Wildman–Crippen LogP) is -3.58. The molecule has 2 N–H and O–H groups in total. The van der Waals surface area contributed by atoms with Crippen molar-refractivity contribution in [1.82, 2.24) is 10.2 Å². The first-order chi connectivity index (χ1) is 13.2. The molecule has 0 aliphatic carbocycles. The van der Waals surface area contributed by atoms with Crippen LogP contribution in [0.2, 0.25) is 0 Å². The van der Waals surface area contributed by atoms with E-state index >= 15 is 0 Å². The molecule has 0 aromatic heterocycles. The quantitative estimate of drug-likeness (QED) is 0.355. The Morgan fingerprint density at radius 2 is 2.07 bits per heavy atom. The van der Waals surface area contributed by atoms with Gasteiger partial charge in [-0.3, -0.25) is 29.3 Å². The second-order valence-electron chi connectivity index (χ2n) is 6.50. The van der Waals surface area contributed by atoms with Crippen LogP contribution in [-0.2, 0) is 38.1 Å². The Hall–Kier alpha value is -3.02. The van der Waals surface area contributed by atoms with Crippen molar-refractivity contribution in [2.75, 3.05) is 13.2 Å². The van der Waals surface area contributed by atoms with Crippen molar-refractivity contribution in [3.63, 3.8) is 0 Å². The highest BCUT2D eigenvalue weighted by Crippen LogP contribution is 2.37.